The zero-order valence-electron chi connectivity index (χ0n) is 13.7. The minimum Gasteiger partial charge on any atom is -0.368 e. The molecule has 0 aliphatic carbocycles. The van der Waals surface area contributed by atoms with Crippen LogP contribution in [0.1, 0.15) is 17.5 Å². The van der Waals surface area contributed by atoms with Crippen molar-refractivity contribution in [1.82, 2.24) is 4.90 Å². The third-order valence-electron chi connectivity index (χ3n) is 4.46. The molecule has 3 nitrogen and oxygen atoms in total. The fraction of sp³-hybridized carbons (Fsp3) is 0.350. The first-order chi connectivity index (χ1) is 11.2. The van der Waals surface area contributed by atoms with Crippen LogP contribution >= 0.6 is 0 Å². The Labute approximate surface area is 138 Å². The summed E-state index contributed by atoms with van der Waals surface area (Å²) in [6.07, 6.45) is 1.44. The first kappa shape index (κ1) is 15.6. The van der Waals surface area contributed by atoms with Crippen LogP contribution in [0, 0.1) is 6.92 Å². The van der Waals surface area contributed by atoms with Gasteiger partial charge in [-0.25, -0.2) is 0 Å². The normalized spacial score (nSPS) is 14.8. The second-order valence-electron chi connectivity index (χ2n) is 6.19. The number of benzene rings is 2. The van der Waals surface area contributed by atoms with Gasteiger partial charge >= 0.3 is 0 Å². The highest BCUT2D eigenvalue weighted by atomic mass is 16.2. The lowest BCUT2D eigenvalue weighted by molar-refractivity contribution is -0.131. The van der Waals surface area contributed by atoms with Gasteiger partial charge < -0.3 is 9.80 Å². The molecule has 1 amide bonds. The number of carbonyl (C=O) groups excluding carboxylic acids is 1. The summed E-state index contributed by atoms with van der Waals surface area (Å²) in [7, 11) is 0. The van der Waals surface area contributed by atoms with Gasteiger partial charge in [0.1, 0.15) is 0 Å². The van der Waals surface area contributed by atoms with E-state index in [2.05, 4.69) is 60.4 Å². The van der Waals surface area contributed by atoms with E-state index >= 15 is 0 Å². The quantitative estimate of drug-likeness (QED) is 0.865. The van der Waals surface area contributed by atoms with Gasteiger partial charge in [-0.1, -0.05) is 48.0 Å². The molecule has 0 unspecified atom stereocenters. The smallest absolute Gasteiger partial charge is 0.223 e. The van der Waals surface area contributed by atoms with E-state index in [0.29, 0.717) is 6.42 Å². The molecule has 2 aromatic rings. The van der Waals surface area contributed by atoms with Gasteiger partial charge in [0.25, 0.3) is 0 Å². The van der Waals surface area contributed by atoms with Gasteiger partial charge in [0.2, 0.25) is 5.91 Å². The fourth-order valence-electron chi connectivity index (χ4n) is 3.13. The maximum atomic E-state index is 12.4. The van der Waals surface area contributed by atoms with Crippen molar-refractivity contribution in [3.8, 4) is 0 Å². The first-order valence-electron chi connectivity index (χ1n) is 8.36. The second-order valence-corrected chi connectivity index (χ2v) is 6.19. The van der Waals surface area contributed by atoms with Crippen LogP contribution in [-0.4, -0.2) is 37.0 Å². The summed E-state index contributed by atoms with van der Waals surface area (Å²) in [4.78, 5) is 16.8. The fourth-order valence-corrected chi connectivity index (χ4v) is 3.13. The zero-order valence-corrected chi connectivity index (χ0v) is 13.7. The van der Waals surface area contributed by atoms with Crippen molar-refractivity contribution in [2.45, 2.75) is 19.8 Å². The third kappa shape index (κ3) is 4.13. The van der Waals surface area contributed by atoms with Crippen LogP contribution in [0.5, 0.6) is 0 Å². The Hall–Kier alpha value is -2.29. The molecule has 1 saturated heterocycles. The highest BCUT2D eigenvalue weighted by Crippen LogP contribution is 2.16. The van der Waals surface area contributed by atoms with E-state index in [0.717, 1.165) is 32.6 Å². The van der Waals surface area contributed by atoms with E-state index in [1.54, 1.807) is 0 Å². The van der Waals surface area contributed by atoms with E-state index < -0.39 is 0 Å². The van der Waals surface area contributed by atoms with E-state index in [1.807, 2.05) is 11.0 Å². The Morgan fingerprint density at radius 2 is 1.70 bits per heavy atom. The number of anilines is 1. The first-order valence-corrected chi connectivity index (χ1v) is 8.36. The van der Waals surface area contributed by atoms with Gasteiger partial charge in [0.15, 0.2) is 0 Å². The van der Waals surface area contributed by atoms with E-state index in [4.69, 9.17) is 0 Å². The van der Waals surface area contributed by atoms with E-state index in [9.17, 15) is 4.79 Å². The molecule has 3 rings (SSSR count). The molecule has 1 heterocycles. The van der Waals surface area contributed by atoms with Crippen molar-refractivity contribution < 1.29 is 4.79 Å². The van der Waals surface area contributed by atoms with Crippen LogP contribution in [0.3, 0.4) is 0 Å². The Balaban J connectivity index is 1.48. The Morgan fingerprint density at radius 3 is 2.39 bits per heavy atom. The average molecular weight is 308 g/mol. The second kappa shape index (κ2) is 7.32. The largest absolute Gasteiger partial charge is 0.368 e. The zero-order chi connectivity index (χ0) is 16.1. The van der Waals surface area contributed by atoms with Crippen molar-refractivity contribution in [3.05, 3.63) is 65.7 Å². The molecule has 0 bridgehead atoms. The minimum absolute atomic E-state index is 0.277. The van der Waals surface area contributed by atoms with E-state index in [1.165, 1.54) is 16.8 Å². The number of nitrogens with zero attached hydrogens (tertiary/aromatic N) is 2. The number of amides is 1. The monoisotopic (exact) mass is 308 g/mol. The molecule has 1 aliphatic rings. The minimum atomic E-state index is 0.277. The summed E-state index contributed by atoms with van der Waals surface area (Å²) in [5, 5.41) is 0. The maximum absolute atomic E-state index is 12.4. The van der Waals surface area contributed by atoms with Crippen LogP contribution in [0.15, 0.2) is 54.6 Å². The van der Waals surface area contributed by atoms with Gasteiger partial charge in [0.05, 0.1) is 0 Å². The predicted molar refractivity (Wildman–Crippen MR) is 94.7 cm³/mol. The summed E-state index contributed by atoms with van der Waals surface area (Å²) in [5.41, 5.74) is 3.76. The molecule has 0 saturated carbocycles. The SMILES string of the molecule is Cc1cccc(CCC(=O)N2CCN(c3ccccc3)CC2)c1. The maximum Gasteiger partial charge on any atom is 0.223 e. The van der Waals surface area contributed by atoms with Crippen molar-refractivity contribution in [1.29, 1.82) is 0 Å². The lowest BCUT2D eigenvalue weighted by atomic mass is 10.1. The highest BCUT2D eigenvalue weighted by Gasteiger charge is 2.20. The molecular weight excluding hydrogens is 284 g/mol. The lowest BCUT2D eigenvalue weighted by Crippen LogP contribution is -2.48. The van der Waals surface area contributed by atoms with Crippen LogP contribution in [0.2, 0.25) is 0 Å². The number of carbonyl (C=O) groups is 1. The predicted octanol–water partition coefficient (Wildman–Crippen LogP) is 3.28. The highest BCUT2D eigenvalue weighted by molar-refractivity contribution is 5.76. The molecule has 0 N–H and O–H groups in total. The van der Waals surface area contributed by atoms with Gasteiger partial charge in [-0.2, -0.15) is 0 Å². The van der Waals surface area contributed by atoms with Gasteiger partial charge in [-0.05, 0) is 31.0 Å². The standard InChI is InChI=1S/C20H24N2O/c1-17-6-5-7-18(16-17)10-11-20(23)22-14-12-21(13-15-22)19-8-3-2-4-9-19/h2-9,16H,10-15H2,1H3. The van der Waals surface area contributed by atoms with Gasteiger partial charge in [-0.3, -0.25) is 4.79 Å². The summed E-state index contributed by atoms with van der Waals surface area (Å²) in [6, 6.07) is 18.9. The molecule has 0 atom stereocenters. The van der Waals surface area contributed by atoms with Crippen LogP contribution in [0.25, 0.3) is 0 Å². The molecule has 2 aromatic carbocycles. The third-order valence-corrected chi connectivity index (χ3v) is 4.46. The number of rotatable bonds is 4. The van der Waals surface area contributed by atoms with Gasteiger partial charge in [-0.15, -0.1) is 0 Å². The van der Waals surface area contributed by atoms with Crippen LogP contribution in [0.4, 0.5) is 5.69 Å². The van der Waals surface area contributed by atoms with Crippen molar-refractivity contribution in [2.24, 2.45) is 0 Å². The van der Waals surface area contributed by atoms with E-state index in [-0.39, 0.29) is 5.91 Å². The average Bonchev–Trinajstić information content (AvgIpc) is 2.61. The van der Waals surface area contributed by atoms with Crippen molar-refractivity contribution in [2.75, 3.05) is 31.1 Å². The molecule has 0 spiro atoms. The number of para-hydroxylation sites is 1. The number of hydrogen-bond donors (Lipinski definition) is 0. The summed E-state index contributed by atoms with van der Waals surface area (Å²) >= 11 is 0. The summed E-state index contributed by atoms with van der Waals surface area (Å²) in [6.45, 7) is 5.57. The number of hydrogen-bond acceptors (Lipinski definition) is 2. The molecule has 1 aliphatic heterocycles. The lowest BCUT2D eigenvalue weighted by Gasteiger charge is -2.36. The van der Waals surface area contributed by atoms with Crippen molar-refractivity contribution >= 4 is 11.6 Å². The molecular formula is C20H24N2O. The van der Waals surface area contributed by atoms with Crippen molar-refractivity contribution in [3.63, 3.8) is 0 Å². The Morgan fingerprint density at radius 1 is 0.957 bits per heavy atom. The topological polar surface area (TPSA) is 23.6 Å². The van der Waals surface area contributed by atoms with Crippen LogP contribution in [-0.2, 0) is 11.2 Å². The number of piperazine rings is 1. The van der Waals surface area contributed by atoms with Gasteiger partial charge in [0, 0.05) is 38.3 Å². The molecule has 0 radical (unpaired) electrons. The Bertz CT molecular complexity index is 646. The summed E-state index contributed by atoms with van der Waals surface area (Å²) < 4.78 is 0. The van der Waals surface area contributed by atoms with Crippen LogP contribution < -0.4 is 4.90 Å². The molecule has 120 valence electrons. The number of aryl methyl sites for hydroxylation is 2. The molecule has 3 heteroatoms. The molecule has 1 fully saturated rings. The Kier molecular flexibility index (Phi) is 4.96. The molecule has 23 heavy (non-hydrogen) atoms. The molecule has 0 aromatic heterocycles. The summed E-state index contributed by atoms with van der Waals surface area (Å²) in [5.74, 6) is 0.277.